The van der Waals surface area contributed by atoms with Crippen LogP contribution in [0.1, 0.15) is 30.4 Å². The molecular weight excluding hydrogens is 284 g/mol. The summed E-state index contributed by atoms with van der Waals surface area (Å²) >= 11 is 3.46. The van der Waals surface area contributed by atoms with E-state index in [2.05, 4.69) is 59.0 Å². The van der Waals surface area contributed by atoms with Crippen LogP contribution in [0.2, 0.25) is 0 Å². The van der Waals surface area contributed by atoms with E-state index in [0.717, 1.165) is 16.5 Å². The van der Waals surface area contributed by atoms with Gasteiger partial charge in [0.2, 0.25) is 0 Å². The molecule has 2 aromatic carbocycles. The second-order valence-electron chi connectivity index (χ2n) is 4.15. The van der Waals surface area contributed by atoms with Crippen molar-refractivity contribution in [2.45, 2.75) is 19.3 Å². The molecule has 0 aliphatic carbocycles. The largest absolute Gasteiger partial charge is 0.0897 e. The van der Waals surface area contributed by atoms with E-state index < -0.39 is 0 Å². The first-order valence-corrected chi connectivity index (χ1v) is 6.91. The molecule has 0 N–H and O–H groups in total. The highest BCUT2D eigenvalue weighted by Crippen LogP contribution is 2.21. The van der Waals surface area contributed by atoms with Crippen molar-refractivity contribution < 1.29 is 0 Å². The van der Waals surface area contributed by atoms with Crippen LogP contribution in [-0.4, -0.2) is 0 Å². The Labute approximate surface area is 117 Å². The van der Waals surface area contributed by atoms with Crippen molar-refractivity contribution in [3.05, 3.63) is 70.2 Å². The van der Waals surface area contributed by atoms with E-state index in [0.29, 0.717) is 5.92 Å². The number of benzene rings is 2. The van der Waals surface area contributed by atoms with Gasteiger partial charge >= 0.3 is 0 Å². The third kappa shape index (κ3) is 3.48. The number of halogens is 1. The highest BCUT2D eigenvalue weighted by molar-refractivity contribution is 9.10. The SMILES string of the molecule is CCC(C#Cc1ccccc1)c1ccc(Br)cc1. The van der Waals surface area contributed by atoms with Crippen molar-refractivity contribution in [3.8, 4) is 11.8 Å². The summed E-state index contributed by atoms with van der Waals surface area (Å²) in [5.74, 6) is 6.91. The van der Waals surface area contributed by atoms with Crippen LogP contribution in [0.4, 0.5) is 0 Å². The van der Waals surface area contributed by atoms with Crippen molar-refractivity contribution in [2.75, 3.05) is 0 Å². The first-order chi connectivity index (χ1) is 8.79. The third-order valence-electron chi connectivity index (χ3n) is 2.85. The minimum Gasteiger partial charge on any atom is -0.0897 e. The zero-order valence-electron chi connectivity index (χ0n) is 10.4. The molecule has 0 aromatic heterocycles. The lowest BCUT2D eigenvalue weighted by molar-refractivity contribution is 0.830. The van der Waals surface area contributed by atoms with Gasteiger partial charge in [0.05, 0.1) is 0 Å². The van der Waals surface area contributed by atoms with Crippen LogP contribution in [0, 0.1) is 11.8 Å². The van der Waals surface area contributed by atoms with E-state index in [9.17, 15) is 0 Å². The lowest BCUT2D eigenvalue weighted by Gasteiger charge is -2.07. The predicted molar refractivity (Wildman–Crippen MR) is 80.5 cm³/mol. The van der Waals surface area contributed by atoms with Gasteiger partial charge in [-0.25, -0.2) is 0 Å². The molecule has 0 saturated heterocycles. The monoisotopic (exact) mass is 298 g/mol. The Bertz CT molecular complexity index is 544. The van der Waals surface area contributed by atoms with E-state index in [1.54, 1.807) is 0 Å². The fraction of sp³-hybridized carbons (Fsp3) is 0.176. The Morgan fingerprint density at radius 3 is 2.28 bits per heavy atom. The maximum Gasteiger partial charge on any atom is 0.0453 e. The summed E-state index contributed by atoms with van der Waals surface area (Å²) in [5, 5.41) is 0. The van der Waals surface area contributed by atoms with Gasteiger partial charge < -0.3 is 0 Å². The molecule has 0 nitrogen and oxygen atoms in total. The van der Waals surface area contributed by atoms with Gasteiger partial charge in [-0.05, 0) is 36.2 Å². The molecule has 0 saturated carbocycles. The van der Waals surface area contributed by atoms with E-state index in [1.807, 2.05) is 30.3 Å². The van der Waals surface area contributed by atoms with Crippen molar-refractivity contribution in [2.24, 2.45) is 0 Å². The average molecular weight is 299 g/mol. The number of hydrogen-bond donors (Lipinski definition) is 0. The Morgan fingerprint density at radius 1 is 1.00 bits per heavy atom. The molecule has 0 bridgehead atoms. The summed E-state index contributed by atoms with van der Waals surface area (Å²) < 4.78 is 1.11. The van der Waals surface area contributed by atoms with E-state index >= 15 is 0 Å². The van der Waals surface area contributed by atoms with Crippen LogP contribution in [0.3, 0.4) is 0 Å². The molecule has 0 heterocycles. The maximum absolute atomic E-state index is 3.46. The van der Waals surface area contributed by atoms with Crippen molar-refractivity contribution in [1.82, 2.24) is 0 Å². The van der Waals surface area contributed by atoms with Crippen LogP contribution < -0.4 is 0 Å². The molecule has 0 radical (unpaired) electrons. The van der Waals surface area contributed by atoms with Crippen LogP contribution >= 0.6 is 15.9 Å². The van der Waals surface area contributed by atoms with Gasteiger partial charge in [0.25, 0.3) is 0 Å². The molecule has 0 aliphatic heterocycles. The van der Waals surface area contributed by atoms with Crippen molar-refractivity contribution >= 4 is 15.9 Å². The van der Waals surface area contributed by atoms with Gasteiger partial charge in [0, 0.05) is 16.0 Å². The zero-order chi connectivity index (χ0) is 12.8. The lowest BCUT2D eigenvalue weighted by atomic mass is 9.97. The first-order valence-electron chi connectivity index (χ1n) is 6.11. The van der Waals surface area contributed by atoms with Crippen LogP contribution in [0.25, 0.3) is 0 Å². The van der Waals surface area contributed by atoms with Gasteiger partial charge in [0.15, 0.2) is 0 Å². The van der Waals surface area contributed by atoms with Crippen molar-refractivity contribution in [3.63, 3.8) is 0 Å². The second kappa shape index (κ2) is 6.42. The van der Waals surface area contributed by atoms with E-state index in [1.165, 1.54) is 5.56 Å². The Kier molecular flexibility index (Phi) is 4.61. The minimum atomic E-state index is 0.304. The van der Waals surface area contributed by atoms with Crippen LogP contribution in [-0.2, 0) is 0 Å². The normalized spacial score (nSPS) is 11.4. The summed E-state index contributed by atoms with van der Waals surface area (Å²) in [6.45, 7) is 2.17. The van der Waals surface area contributed by atoms with Gasteiger partial charge in [-0.15, -0.1) is 0 Å². The van der Waals surface area contributed by atoms with Gasteiger partial charge in [-0.2, -0.15) is 0 Å². The fourth-order valence-electron chi connectivity index (χ4n) is 1.81. The Morgan fingerprint density at radius 2 is 1.67 bits per heavy atom. The van der Waals surface area contributed by atoms with Gasteiger partial charge in [0.1, 0.15) is 0 Å². The summed E-state index contributed by atoms with van der Waals surface area (Å²) in [5.41, 5.74) is 2.36. The van der Waals surface area contributed by atoms with Crippen LogP contribution in [0.15, 0.2) is 59.1 Å². The van der Waals surface area contributed by atoms with Gasteiger partial charge in [-0.3, -0.25) is 0 Å². The maximum atomic E-state index is 3.46. The summed E-state index contributed by atoms with van der Waals surface area (Å²) in [6, 6.07) is 18.6. The molecule has 2 aromatic rings. The van der Waals surface area contributed by atoms with Crippen molar-refractivity contribution in [1.29, 1.82) is 0 Å². The molecule has 0 fully saturated rings. The molecule has 2 rings (SSSR count). The predicted octanol–water partition coefficient (Wildman–Crippen LogP) is 4.99. The Balaban J connectivity index is 2.20. The minimum absolute atomic E-state index is 0.304. The standard InChI is InChI=1S/C17H15Br/c1-2-15(16-10-12-17(18)13-11-16)9-8-14-6-4-3-5-7-14/h3-7,10-13,15H,2H2,1H3. The molecule has 0 amide bonds. The highest BCUT2D eigenvalue weighted by atomic mass is 79.9. The van der Waals surface area contributed by atoms with E-state index in [4.69, 9.17) is 0 Å². The fourth-order valence-corrected chi connectivity index (χ4v) is 2.07. The molecule has 1 unspecified atom stereocenters. The quantitative estimate of drug-likeness (QED) is 0.685. The molecular formula is C17H15Br. The van der Waals surface area contributed by atoms with Crippen LogP contribution in [0.5, 0.6) is 0 Å². The molecule has 0 spiro atoms. The topological polar surface area (TPSA) is 0 Å². The second-order valence-corrected chi connectivity index (χ2v) is 5.06. The summed E-state index contributed by atoms with van der Waals surface area (Å²) in [4.78, 5) is 0. The summed E-state index contributed by atoms with van der Waals surface area (Å²) in [6.07, 6.45) is 1.03. The number of rotatable bonds is 2. The molecule has 0 aliphatic rings. The highest BCUT2D eigenvalue weighted by Gasteiger charge is 2.04. The first kappa shape index (κ1) is 12.9. The lowest BCUT2D eigenvalue weighted by Crippen LogP contribution is -1.93. The summed E-state index contributed by atoms with van der Waals surface area (Å²) in [7, 11) is 0. The molecule has 90 valence electrons. The smallest absolute Gasteiger partial charge is 0.0453 e. The number of hydrogen-bond acceptors (Lipinski definition) is 0. The third-order valence-corrected chi connectivity index (χ3v) is 3.37. The Hall–Kier alpha value is -1.52. The molecule has 1 heteroatoms. The zero-order valence-corrected chi connectivity index (χ0v) is 11.9. The van der Waals surface area contributed by atoms with E-state index in [-0.39, 0.29) is 0 Å². The average Bonchev–Trinajstić information content (AvgIpc) is 2.42. The molecule has 18 heavy (non-hydrogen) atoms. The van der Waals surface area contributed by atoms with Gasteiger partial charge in [-0.1, -0.05) is 65.0 Å². The molecule has 1 atom stereocenters.